The summed E-state index contributed by atoms with van der Waals surface area (Å²) in [6.45, 7) is 0.144. The van der Waals surface area contributed by atoms with Crippen LogP contribution in [-0.4, -0.2) is 25.0 Å². The van der Waals surface area contributed by atoms with Gasteiger partial charge in [0.15, 0.2) is 6.79 Å². The number of hydrogen-bond donors (Lipinski definition) is 1. The highest BCUT2D eigenvalue weighted by Gasteiger charge is 2.01. The van der Waals surface area contributed by atoms with E-state index in [-0.39, 0.29) is 6.79 Å². The minimum Gasteiger partial charge on any atom is -0.478 e. The van der Waals surface area contributed by atoms with Gasteiger partial charge in [0.2, 0.25) is 0 Å². The maximum absolute atomic E-state index is 10.3. The van der Waals surface area contributed by atoms with Crippen molar-refractivity contribution in [3.63, 3.8) is 0 Å². The monoisotopic (exact) mass is 286 g/mol. The van der Waals surface area contributed by atoms with Crippen LogP contribution in [0.3, 0.4) is 0 Å². The van der Waals surface area contributed by atoms with Crippen molar-refractivity contribution >= 4 is 28.0 Å². The number of carboxylic acid groups (broad SMARTS) is 1. The fourth-order valence-corrected chi connectivity index (χ4v) is 1.39. The molecule has 0 radical (unpaired) electrons. The number of ether oxygens (including phenoxy) is 2. The number of aliphatic carboxylic acids is 1. The molecule has 0 aliphatic rings. The van der Waals surface area contributed by atoms with Crippen molar-refractivity contribution < 1.29 is 19.4 Å². The van der Waals surface area contributed by atoms with E-state index in [0.29, 0.717) is 5.75 Å². The number of carbonyl (C=O) groups is 1. The molecule has 0 aliphatic carbocycles. The third-order valence-electron chi connectivity index (χ3n) is 1.71. The summed E-state index contributed by atoms with van der Waals surface area (Å²) in [5.41, 5.74) is 0.747. The second-order valence-corrected chi connectivity index (χ2v) is 3.77. The minimum atomic E-state index is -0.984. The van der Waals surface area contributed by atoms with Gasteiger partial charge in [0.1, 0.15) is 5.75 Å². The van der Waals surface area contributed by atoms with Gasteiger partial charge in [0, 0.05) is 13.2 Å². The molecule has 5 heteroatoms. The predicted octanol–water partition coefficient (Wildman–Crippen LogP) is 2.53. The van der Waals surface area contributed by atoms with Crippen molar-refractivity contribution in [3.05, 3.63) is 34.3 Å². The number of halogens is 1. The van der Waals surface area contributed by atoms with Gasteiger partial charge in [-0.3, -0.25) is 0 Å². The second-order valence-electron chi connectivity index (χ2n) is 2.91. The molecular weight excluding hydrogens is 276 g/mol. The van der Waals surface area contributed by atoms with E-state index in [1.165, 1.54) is 13.2 Å². The molecule has 0 saturated carbocycles. The van der Waals surface area contributed by atoms with E-state index in [9.17, 15) is 4.79 Å². The molecule has 0 unspecified atom stereocenters. The first kappa shape index (κ1) is 12.7. The highest BCUT2D eigenvalue weighted by Crippen LogP contribution is 2.26. The number of hydrogen-bond acceptors (Lipinski definition) is 3. The zero-order valence-electron chi connectivity index (χ0n) is 8.64. The summed E-state index contributed by atoms with van der Waals surface area (Å²) in [6, 6.07) is 5.29. The number of benzene rings is 1. The van der Waals surface area contributed by atoms with Crippen LogP contribution in [0.25, 0.3) is 6.08 Å². The molecule has 1 rings (SSSR count). The zero-order chi connectivity index (χ0) is 12.0. The minimum absolute atomic E-state index is 0.144. The van der Waals surface area contributed by atoms with Crippen LogP contribution in [0, 0.1) is 0 Å². The molecule has 1 aromatic rings. The lowest BCUT2D eigenvalue weighted by atomic mass is 10.2. The van der Waals surface area contributed by atoms with E-state index >= 15 is 0 Å². The van der Waals surface area contributed by atoms with E-state index in [2.05, 4.69) is 15.9 Å². The Balaban J connectivity index is 2.84. The molecule has 0 heterocycles. The van der Waals surface area contributed by atoms with Crippen LogP contribution in [0.4, 0.5) is 0 Å². The van der Waals surface area contributed by atoms with Crippen molar-refractivity contribution in [2.75, 3.05) is 13.9 Å². The van der Waals surface area contributed by atoms with Gasteiger partial charge in [0.05, 0.1) is 4.47 Å². The Bertz CT molecular complexity index is 401. The summed E-state index contributed by atoms with van der Waals surface area (Å²) in [7, 11) is 1.53. The molecule has 0 atom stereocenters. The summed E-state index contributed by atoms with van der Waals surface area (Å²) in [4.78, 5) is 10.3. The maximum atomic E-state index is 10.3. The lowest BCUT2D eigenvalue weighted by molar-refractivity contribution is -0.131. The molecule has 4 nitrogen and oxygen atoms in total. The number of methoxy groups -OCH3 is 1. The average Bonchev–Trinajstić information content (AvgIpc) is 2.26. The first-order valence-corrected chi connectivity index (χ1v) is 5.25. The van der Waals surface area contributed by atoms with Gasteiger partial charge in [-0.1, -0.05) is 6.07 Å². The van der Waals surface area contributed by atoms with Crippen LogP contribution in [0.2, 0.25) is 0 Å². The zero-order valence-corrected chi connectivity index (χ0v) is 10.2. The summed E-state index contributed by atoms with van der Waals surface area (Å²) in [5, 5.41) is 8.49. The smallest absolute Gasteiger partial charge is 0.328 e. The van der Waals surface area contributed by atoms with Crippen LogP contribution < -0.4 is 4.74 Å². The molecule has 0 saturated heterocycles. The summed E-state index contributed by atoms with van der Waals surface area (Å²) in [6.07, 6.45) is 2.57. The number of rotatable bonds is 5. The standard InChI is InChI=1S/C11H11BrO4/c1-15-7-16-10-6-8(2-4-9(10)12)3-5-11(13)14/h2-6H,7H2,1H3,(H,13,14). The third-order valence-corrected chi connectivity index (χ3v) is 2.36. The highest BCUT2D eigenvalue weighted by atomic mass is 79.9. The van der Waals surface area contributed by atoms with Crippen molar-refractivity contribution in [1.82, 2.24) is 0 Å². The van der Waals surface area contributed by atoms with Gasteiger partial charge >= 0.3 is 5.97 Å². The van der Waals surface area contributed by atoms with Crippen LogP contribution in [0.15, 0.2) is 28.7 Å². The Hall–Kier alpha value is -1.33. The SMILES string of the molecule is COCOc1cc(C=CC(=O)O)ccc1Br. The highest BCUT2D eigenvalue weighted by molar-refractivity contribution is 9.10. The lowest BCUT2D eigenvalue weighted by Crippen LogP contribution is -1.99. The molecule has 86 valence electrons. The van der Waals surface area contributed by atoms with E-state index in [0.717, 1.165) is 16.1 Å². The number of carboxylic acids is 1. The molecule has 0 fully saturated rings. The van der Waals surface area contributed by atoms with Crippen molar-refractivity contribution in [1.29, 1.82) is 0 Å². The normalized spacial score (nSPS) is 10.6. The molecule has 0 aliphatic heterocycles. The van der Waals surface area contributed by atoms with Gasteiger partial charge in [-0.25, -0.2) is 4.79 Å². The van der Waals surface area contributed by atoms with Gasteiger partial charge in [0.25, 0.3) is 0 Å². The first-order valence-electron chi connectivity index (χ1n) is 4.46. The quantitative estimate of drug-likeness (QED) is 0.668. The Kier molecular flexibility index (Phi) is 5.01. The molecule has 0 aromatic heterocycles. The largest absolute Gasteiger partial charge is 0.478 e. The molecule has 0 bridgehead atoms. The molecule has 1 aromatic carbocycles. The Morgan fingerprint density at radius 1 is 1.56 bits per heavy atom. The molecule has 0 spiro atoms. The summed E-state index contributed by atoms with van der Waals surface area (Å²) in [5.74, 6) is -0.378. The molecule has 0 amide bonds. The van der Waals surface area contributed by atoms with E-state index < -0.39 is 5.97 Å². The summed E-state index contributed by atoms with van der Waals surface area (Å²) < 4.78 is 10.9. The predicted molar refractivity (Wildman–Crippen MR) is 63.3 cm³/mol. The van der Waals surface area contributed by atoms with Crippen molar-refractivity contribution in [2.45, 2.75) is 0 Å². The Morgan fingerprint density at radius 3 is 2.94 bits per heavy atom. The Labute approximate surface area is 102 Å². The van der Waals surface area contributed by atoms with Crippen LogP contribution in [0.5, 0.6) is 5.75 Å². The van der Waals surface area contributed by atoms with Crippen molar-refractivity contribution in [3.8, 4) is 5.75 Å². The van der Waals surface area contributed by atoms with Crippen molar-refractivity contribution in [2.24, 2.45) is 0 Å². The van der Waals surface area contributed by atoms with E-state index in [1.54, 1.807) is 18.2 Å². The molecule has 16 heavy (non-hydrogen) atoms. The Morgan fingerprint density at radius 2 is 2.31 bits per heavy atom. The second kappa shape index (κ2) is 6.30. The fourth-order valence-electron chi connectivity index (χ4n) is 1.02. The van der Waals surface area contributed by atoms with E-state index in [1.807, 2.05) is 0 Å². The van der Waals surface area contributed by atoms with Gasteiger partial charge in [-0.2, -0.15) is 0 Å². The van der Waals surface area contributed by atoms with Crippen LogP contribution >= 0.6 is 15.9 Å². The third kappa shape index (κ3) is 4.04. The summed E-state index contributed by atoms with van der Waals surface area (Å²) >= 11 is 3.32. The fraction of sp³-hybridized carbons (Fsp3) is 0.182. The topological polar surface area (TPSA) is 55.8 Å². The van der Waals surface area contributed by atoms with E-state index in [4.69, 9.17) is 14.6 Å². The van der Waals surface area contributed by atoms with Gasteiger partial charge in [-0.15, -0.1) is 0 Å². The first-order chi connectivity index (χ1) is 7.63. The van der Waals surface area contributed by atoms with Crippen LogP contribution in [0.1, 0.15) is 5.56 Å². The van der Waals surface area contributed by atoms with Gasteiger partial charge in [-0.05, 0) is 39.7 Å². The van der Waals surface area contributed by atoms with Crippen LogP contribution in [-0.2, 0) is 9.53 Å². The van der Waals surface area contributed by atoms with Gasteiger partial charge < -0.3 is 14.6 Å². The molecule has 1 N–H and O–H groups in total. The maximum Gasteiger partial charge on any atom is 0.328 e. The lowest BCUT2D eigenvalue weighted by Gasteiger charge is -2.07. The average molecular weight is 287 g/mol. The molecular formula is C11H11BrO4.